The molecule has 1 saturated heterocycles. The van der Waals surface area contributed by atoms with Crippen molar-refractivity contribution in [1.29, 1.82) is 0 Å². The Kier molecular flexibility index (Phi) is 3.96. The number of hydrogen-bond acceptors (Lipinski definition) is 3. The lowest BCUT2D eigenvalue weighted by Gasteiger charge is -2.23. The molecule has 0 atom stereocenters. The molecule has 5 nitrogen and oxygen atoms in total. The zero-order valence-corrected chi connectivity index (χ0v) is 13.6. The van der Waals surface area contributed by atoms with Gasteiger partial charge in [-0.2, -0.15) is 5.10 Å². The van der Waals surface area contributed by atoms with Crippen LogP contribution < -0.4 is 4.90 Å². The Labute approximate surface area is 140 Å². The minimum atomic E-state index is -0.224. The average Bonchev–Trinajstić information content (AvgIpc) is 3.11. The van der Waals surface area contributed by atoms with Crippen LogP contribution in [0.15, 0.2) is 24.3 Å². The first-order valence-corrected chi connectivity index (χ1v) is 8.58. The summed E-state index contributed by atoms with van der Waals surface area (Å²) in [5.41, 5.74) is 3.85. The second kappa shape index (κ2) is 6.26. The molecule has 1 aromatic carbocycles. The molecule has 2 aliphatic rings. The first kappa shape index (κ1) is 15.2. The molecule has 1 aliphatic carbocycles. The summed E-state index contributed by atoms with van der Waals surface area (Å²) in [4.78, 5) is 16.9. The highest BCUT2D eigenvalue weighted by Gasteiger charge is 2.27. The van der Waals surface area contributed by atoms with E-state index in [1.807, 2.05) is 4.90 Å². The number of aryl methyl sites for hydroxylation is 1. The summed E-state index contributed by atoms with van der Waals surface area (Å²) in [5.74, 6) is -0.187. The second-order valence-corrected chi connectivity index (χ2v) is 6.49. The van der Waals surface area contributed by atoms with Gasteiger partial charge in [0.2, 0.25) is 0 Å². The lowest BCUT2D eigenvalue weighted by Crippen LogP contribution is -2.35. The molecular weight excluding hydrogens is 307 g/mol. The van der Waals surface area contributed by atoms with E-state index in [1.54, 1.807) is 12.1 Å². The maximum atomic E-state index is 13.1. The van der Waals surface area contributed by atoms with Crippen LogP contribution in [-0.2, 0) is 12.8 Å². The molecular formula is C18H21FN4O. The van der Waals surface area contributed by atoms with E-state index < -0.39 is 0 Å². The summed E-state index contributed by atoms with van der Waals surface area (Å²) in [6.45, 7) is 3.02. The van der Waals surface area contributed by atoms with Gasteiger partial charge in [-0.05, 0) is 49.9 Å². The van der Waals surface area contributed by atoms with Crippen molar-refractivity contribution >= 4 is 11.6 Å². The summed E-state index contributed by atoms with van der Waals surface area (Å²) in [5, 5.41) is 7.28. The van der Waals surface area contributed by atoms with Gasteiger partial charge in [-0.15, -0.1) is 0 Å². The van der Waals surface area contributed by atoms with Gasteiger partial charge in [-0.1, -0.05) is 0 Å². The number of carbonyl (C=O) groups is 1. The van der Waals surface area contributed by atoms with E-state index >= 15 is 0 Å². The number of rotatable bonds is 2. The Hall–Kier alpha value is -2.37. The molecule has 1 aromatic heterocycles. The number of anilines is 1. The Bertz CT molecular complexity index is 740. The SMILES string of the molecule is O=C(c1n[nH]c2c1CCC2)N1CCCN(c2ccc(F)cc2)CC1. The van der Waals surface area contributed by atoms with Crippen LogP contribution in [0.1, 0.15) is 34.6 Å². The smallest absolute Gasteiger partial charge is 0.274 e. The number of aromatic nitrogens is 2. The van der Waals surface area contributed by atoms with Crippen LogP contribution in [0.3, 0.4) is 0 Å². The van der Waals surface area contributed by atoms with Crippen LogP contribution in [0.25, 0.3) is 0 Å². The fourth-order valence-corrected chi connectivity index (χ4v) is 3.68. The predicted octanol–water partition coefficient (Wildman–Crippen LogP) is 2.39. The molecule has 126 valence electrons. The van der Waals surface area contributed by atoms with E-state index in [1.165, 1.54) is 12.1 Å². The third-order valence-corrected chi connectivity index (χ3v) is 4.98. The van der Waals surface area contributed by atoms with Crippen molar-refractivity contribution in [2.24, 2.45) is 0 Å². The third kappa shape index (κ3) is 2.77. The first-order chi connectivity index (χ1) is 11.7. The predicted molar refractivity (Wildman–Crippen MR) is 89.7 cm³/mol. The van der Waals surface area contributed by atoms with Crippen molar-refractivity contribution in [3.05, 3.63) is 47.0 Å². The van der Waals surface area contributed by atoms with Crippen molar-refractivity contribution in [2.45, 2.75) is 25.7 Å². The maximum absolute atomic E-state index is 13.1. The van der Waals surface area contributed by atoms with Crippen LogP contribution in [0.2, 0.25) is 0 Å². The lowest BCUT2D eigenvalue weighted by atomic mass is 10.2. The molecule has 6 heteroatoms. The molecule has 0 bridgehead atoms. The number of aromatic amines is 1. The van der Waals surface area contributed by atoms with Crippen LogP contribution in [0.5, 0.6) is 0 Å². The zero-order valence-electron chi connectivity index (χ0n) is 13.6. The largest absolute Gasteiger partial charge is 0.370 e. The third-order valence-electron chi connectivity index (χ3n) is 4.98. The minimum absolute atomic E-state index is 0.0374. The molecule has 0 saturated carbocycles. The summed E-state index contributed by atoms with van der Waals surface area (Å²) in [6, 6.07) is 6.56. The summed E-state index contributed by atoms with van der Waals surface area (Å²) >= 11 is 0. The highest BCUT2D eigenvalue weighted by atomic mass is 19.1. The first-order valence-electron chi connectivity index (χ1n) is 8.58. The van der Waals surface area contributed by atoms with Gasteiger partial charge >= 0.3 is 0 Å². The van der Waals surface area contributed by atoms with Gasteiger partial charge in [-0.3, -0.25) is 9.89 Å². The van der Waals surface area contributed by atoms with Crippen molar-refractivity contribution < 1.29 is 9.18 Å². The summed E-state index contributed by atoms with van der Waals surface area (Å²) in [6.07, 6.45) is 3.94. The Balaban J connectivity index is 1.46. The number of fused-ring (bicyclic) bond motifs is 1. The Morgan fingerprint density at radius 3 is 2.71 bits per heavy atom. The number of amides is 1. The van der Waals surface area contributed by atoms with E-state index in [2.05, 4.69) is 15.1 Å². The molecule has 0 spiro atoms. The maximum Gasteiger partial charge on any atom is 0.274 e. The molecule has 24 heavy (non-hydrogen) atoms. The van der Waals surface area contributed by atoms with E-state index in [-0.39, 0.29) is 11.7 Å². The average molecular weight is 328 g/mol. The molecule has 1 N–H and O–H groups in total. The molecule has 1 amide bonds. The van der Waals surface area contributed by atoms with Gasteiger partial charge in [0, 0.05) is 43.1 Å². The zero-order chi connectivity index (χ0) is 16.5. The topological polar surface area (TPSA) is 52.2 Å². The Morgan fingerprint density at radius 2 is 1.88 bits per heavy atom. The van der Waals surface area contributed by atoms with E-state index in [0.29, 0.717) is 12.2 Å². The van der Waals surface area contributed by atoms with Gasteiger partial charge in [0.15, 0.2) is 5.69 Å². The number of H-pyrrole nitrogens is 1. The minimum Gasteiger partial charge on any atom is -0.370 e. The number of nitrogens with one attached hydrogen (secondary N) is 1. The Morgan fingerprint density at radius 1 is 1.04 bits per heavy atom. The number of carbonyl (C=O) groups excluding carboxylic acids is 1. The number of hydrogen-bond donors (Lipinski definition) is 1. The van der Waals surface area contributed by atoms with E-state index in [4.69, 9.17) is 0 Å². The van der Waals surface area contributed by atoms with Gasteiger partial charge in [0.05, 0.1) is 0 Å². The molecule has 2 aromatic rings. The van der Waals surface area contributed by atoms with Crippen LogP contribution in [0, 0.1) is 5.82 Å². The monoisotopic (exact) mass is 328 g/mol. The van der Waals surface area contributed by atoms with Crippen molar-refractivity contribution in [3.63, 3.8) is 0 Å². The normalized spacial score (nSPS) is 17.7. The number of benzene rings is 1. The lowest BCUT2D eigenvalue weighted by molar-refractivity contribution is 0.0760. The molecule has 1 aliphatic heterocycles. The van der Waals surface area contributed by atoms with Gasteiger partial charge in [-0.25, -0.2) is 4.39 Å². The van der Waals surface area contributed by atoms with Crippen molar-refractivity contribution in [1.82, 2.24) is 15.1 Å². The molecule has 4 rings (SSSR count). The highest BCUT2D eigenvalue weighted by Crippen LogP contribution is 2.24. The standard InChI is InChI=1S/C18H21FN4O/c19-13-5-7-14(8-6-13)22-9-2-10-23(12-11-22)18(24)17-15-3-1-4-16(15)20-21-17/h5-8H,1-4,9-12H2,(H,20,21). The molecule has 1 fully saturated rings. The van der Waals surface area contributed by atoms with Gasteiger partial charge < -0.3 is 9.80 Å². The summed E-state index contributed by atoms with van der Waals surface area (Å²) in [7, 11) is 0. The fourth-order valence-electron chi connectivity index (χ4n) is 3.68. The van der Waals surface area contributed by atoms with E-state index in [9.17, 15) is 9.18 Å². The van der Waals surface area contributed by atoms with Gasteiger partial charge in [0.25, 0.3) is 5.91 Å². The van der Waals surface area contributed by atoms with Crippen LogP contribution in [0.4, 0.5) is 10.1 Å². The highest BCUT2D eigenvalue weighted by molar-refractivity contribution is 5.94. The summed E-state index contributed by atoms with van der Waals surface area (Å²) < 4.78 is 13.1. The van der Waals surface area contributed by atoms with Crippen molar-refractivity contribution in [3.8, 4) is 0 Å². The number of halogens is 1. The van der Waals surface area contributed by atoms with Crippen LogP contribution >= 0.6 is 0 Å². The van der Waals surface area contributed by atoms with Gasteiger partial charge in [0.1, 0.15) is 5.82 Å². The quantitative estimate of drug-likeness (QED) is 0.921. The molecule has 2 heterocycles. The molecule has 0 unspecified atom stereocenters. The van der Waals surface area contributed by atoms with Crippen molar-refractivity contribution in [2.75, 3.05) is 31.1 Å². The fraction of sp³-hybridized carbons (Fsp3) is 0.444. The van der Waals surface area contributed by atoms with E-state index in [0.717, 1.165) is 62.3 Å². The number of nitrogens with zero attached hydrogens (tertiary/aromatic N) is 3. The van der Waals surface area contributed by atoms with Crippen LogP contribution in [-0.4, -0.2) is 47.2 Å². The molecule has 0 radical (unpaired) electrons. The second-order valence-electron chi connectivity index (χ2n) is 6.49.